The minimum atomic E-state index is 0.0393. The Kier molecular flexibility index (Phi) is 3.15. The minimum Gasteiger partial charge on any atom is -0.380 e. The van der Waals surface area contributed by atoms with Crippen molar-refractivity contribution in [2.75, 3.05) is 24.2 Å². The van der Waals surface area contributed by atoms with Crippen LogP contribution in [0.25, 0.3) is 0 Å². The van der Waals surface area contributed by atoms with Gasteiger partial charge in [0, 0.05) is 24.3 Å². The van der Waals surface area contributed by atoms with Crippen molar-refractivity contribution in [3.05, 3.63) is 22.7 Å². The average Bonchev–Trinajstić information content (AvgIpc) is 2.82. The van der Waals surface area contributed by atoms with Crippen molar-refractivity contribution in [2.24, 2.45) is 0 Å². The first-order chi connectivity index (χ1) is 9.02. The van der Waals surface area contributed by atoms with Crippen LogP contribution in [-0.4, -0.2) is 36.5 Å². The van der Waals surface area contributed by atoms with Crippen molar-refractivity contribution in [3.63, 3.8) is 0 Å². The smallest absolute Gasteiger partial charge is 0.228 e. The van der Waals surface area contributed by atoms with Crippen LogP contribution in [-0.2, 0) is 11.2 Å². The molecule has 5 heteroatoms. The molecule has 3 rings (SSSR count). The highest BCUT2D eigenvalue weighted by atomic mass is 35.5. The predicted molar refractivity (Wildman–Crippen MR) is 77.9 cm³/mol. The van der Waals surface area contributed by atoms with Gasteiger partial charge in [0.15, 0.2) is 0 Å². The quantitative estimate of drug-likeness (QED) is 0.873. The molecule has 1 saturated heterocycles. The molecule has 0 bridgehead atoms. The van der Waals surface area contributed by atoms with Crippen LogP contribution in [0.3, 0.4) is 0 Å². The molecule has 1 aromatic rings. The Bertz CT molecular complexity index is 522. The van der Waals surface area contributed by atoms with Crippen LogP contribution in [0.1, 0.15) is 18.9 Å². The predicted octanol–water partition coefficient (Wildman–Crippen LogP) is 2.34. The molecule has 2 unspecified atom stereocenters. The molecule has 1 aromatic carbocycles. The first-order valence-corrected chi connectivity index (χ1v) is 7.00. The second kappa shape index (κ2) is 4.69. The first-order valence-electron chi connectivity index (χ1n) is 6.62. The van der Waals surface area contributed by atoms with Gasteiger partial charge in [-0.15, -0.1) is 0 Å². The highest BCUT2D eigenvalue weighted by Gasteiger charge is 2.27. The lowest BCUT2D eigenvalue weighted by molar-refractivity contribution is -0.115. The number of hydrogen-bond acceptors (Lipinski definition) is 3. The van der Waals surface area contributed by atoms with Gasteiger partial charge in [-0.3, -0.25) is 4.79 Å². The molecule has 0 aromatic heterocycles. The van der Waals surface area contributed by atoms with Gasteiger partial charge in [-0.1, -0.05) is 11.6 Å². The summed E-state index contributed by atoms with van der Waals surface area (Å²) >= 11 is 6.28. The van der Waals surface area contributed by atoms with Crippen molar-refractivity contribution < 1.29 is 4.79 Å². The van der Waals surface area contributed by atoms with Gasteiger partial charge in [-0.2, -0.15) is 0 Å². The number of halogens is 1. The molecule has 0 saturated carbocycles. The van der Waals surface area contributed by atoms with Gasteiger partial charge in [0.25, 0.3) is 0 Å². The normalized spacial score (nSPS) is 26.4. The molecular weight excluding hydrogens is 262 g/mol. The van der Waals surface area contributed by atoms with E-state index in [-0.39, 0.29) is 5.91 Å². The molecule has 1 amide bonds. The number of amides is 1. The van der Waals surface area contributed by atoms with Crippen molar-refractivity contribution in [3.8, 4) is 0 Å². The largest absolute Gasteiger partial charge is 0.380 e. The third kappa shape index (κ3) is 2.42. The molecule has 2 N–H and O–H groups in total. The van der Waals surface area contributed by atoms with Crippen molar-refractivity contribution in [1.29, 1.82) is 0 Å². The summed E-state index contributed by atoms with van der Waals surface area (Å²) in [6, 6.07) is 4.85. The van der Waals surface area contributed by atoms with E-state index in [2.05, 4.69) is 29.5 Å². The van der Waals surface area contributed by atoms with Crippen molar-refractivity contribution in [2.45, 2.75) is 31.8 Å². The van der Waals surface area contributed by atoms with Gasteiger partial charge in [0.1, 0.15) is 0 Å². The van der Waals surface area contributed by atoms with Gasteiger partial charge in [-0.25, -0.2) is 0 Å². The van der Waals surface area contributed by atoms with E-state index in [4.69, 9.17) is 11.6 Å². The van der Waals surface area contributed by atoms with Crippen molar-refractivity contribution >= 4 is 28.9 Å². The van der Waals surface area contributed by atoms with Crippen LogP contribution in [0.4, 0.5) is 11.4 Å². The maximum Gasteiger partial charge on any atom is 0.228 e. The van der Waals surface area contributed by atoms with Crippen LogP contribution in [0.2, 0.25) is 5.02 Å². The van der Waals surface area contributed by atoms with E-state index in [1.807, 2.05) is 12.1 Å². The van der Waals surface area contributed by atoms with E-state index in [1.165, 1.54) is 0 Å². The molecule has 2 aliphatic heterocycles. The van der Waals surface area contributed by atoms with Crippen LogP contribution in [0, 0.1) is 0 Å². The molecule has 2 atom stereocenters. The van der Waals surface area contributed by atoms with Crippen LogP contribution >= 0.6 is 11.6 Å². The molecule has 2 aliphatic rings. The highest BCUT2D eigenvalue weighted by molar-refractivity contribution is 6.33. The van der Waals surface area contributed by atoms with Gasteiger partial charge in [0.05, 0.1) is 17.1 Å². The Balaban J connectivity index is 1.79. The van der Waals surface area contributed by atoms with E-state index in [0.29, 0.717) is 23.5 Å². The number of rotatable bonds is 2. The standard InChI is InChI=1S/C14H18ClN3O/c1-8-3-10(7-18(8)2)16-13-4-9-5-14(19)17-12(9)6-11(13)15/h4,6,8,10,16H,3,5,7H2,1-2H3,(H,17,19). The summed E-state index contributed by atoms with van der Waals surface area (Å²) < 4.78 is 0. The fourth-order valence-electron chi connectivity index (χ4n) is 2.88. The van der Waals surface area contributed by atoms with Gasteiger partial charge in [0.2, 0.25) is 5.91 Å². The molecule has 0 aliphatic carbocycles. The number of nitrogens with one attached hydrogen (secondary N) is 2. The molecule has 4 nitrogen and oxygen atoms in total. The van der Waals surface area contributed by atoms with Crippen LogP contribution in [0.15, 0.2) is 12.1 Å². The summed E-state index contributed by atoms with van der Waals surface area (Å²) in [6.07, 6.45) is 1.56. The van der Waals surface area contributed by atoms with Gasteiger partial charge >= 0.3 is 0 Å². The zero-order chi connectivity index (χ0) is 13.6. The van der Waals surface area contributed by atoms with Gasteiger partial charge in [-0.05, 0) is 38.1 Å². The summed E-state index contributed by atoms with van der Waals surface area (Å²) in [4.78, 5) is 13.7. The number of hydrogen-bond donors (Lipinski definition) is 2. The maximum absolute atomic E-state index is 11.4. The molecule has 19 heavy (non-hydrogen) atoms. The zero-order valence-corrected chi connectivity index (χ0v) is 11.9. The monoisotopic (exact) mass is 279 g/mol. The molecule has 0 radical (unpaired) electrons. The number of likely N-dealkylation sites (tertiary alicyclic amines) is 1. The van der Waals surface area contributed by atoms with E-state index in [0.717, 1.165) is 29.9 Å². The molecular formula is C14H18ClN3O. The lowest BCUT2D eigenvalue weighted by atomic mass is 10.1. The zero-order valence-electron chi connectivity index (χ0n) is 11.2. The topological polar surface area (TPSA) is 44.4 Å². The van der Waals surface area contributed by atoms with Crippen LogP contribution < -0.4 is 10.6 Å². The lowest BCUT2D eigenvalue weighted by Crippen LogP contribution is -2.25. The molecule has 2 heterocycles. The third-order valence-corrected chi connectivity index (χ3v) is 4.38. The summed E-state index contributed by atoms with van der Waals surface area (Å²) in [5.74, 6) is 0.0393. The number of anilines is 2. The van der Waals surface area contributed by atoms with E-state index in [1.54, 1.807) is 0 Å². The summed E-state index contributed by atoms with van der Waals surface area (Å²) in [5.41, 5.74) is 2.80. The Morgan fingerprint density at radius 1 is 1.47 bits per heavy atom. The molecule has 1 fully saturated rings. The Hall–Kier alpha value is -1.26. The van der Waals surface area contributed by atoms with E-state index >= 15 is 0 Å². The number of benzene rings is 1. The summed E-state index contributed by atoms with van der Waals surface area (Å²) in [5, 5.41) is 6.99. The second-order valence-corrected chi connectivity index (χ2v) is 5.99. The number of carbonyl (C=O) groups excluding carboxylic acids is 1. The maximum atomic E-state index is 11.4. The minimum absolute atomic E-state index is 0.0393. The van der Waals surface area contributed by atoms with Gasteiger partial charge < -0.3 is 15.5 Å². The summed E-state index contributed by atoms with van der Waals surface area (Å²) in [7, 11) is 2.14. The van der Waals surface area contributed by atoms with E-state index in [9.17, 15) is 4.79 Å². The molecule has 102 valence electrons. The van der Waals surface area contributed by atoms with E-state index < -0.39 is 0 Å². The number of nitrogens with zero attached hydrogens (tertiary/aromatic N) is 1. The number of carbonyl (C=O) groups is 1. The number of likely N-dealkylation sites (N-methyl/N-ethyl adjacent to an activating group) is 1. The Labute approximate surface area is 118 Å². The molecule has 0 spiro atoms. The lowest BCUT2D eigenvalue weighted by Gasteiger charge is -2.16. The Morgan fingerprint density at radius 2 is 2.26 bits per heavy atom. The van der Waals surface area contributed by atoms with Crippen LogP contribution in [0.5, 0.6) is 0 Å². The fraction of sp³-hybridized carbons (Fsp3) is 0.500. The first kappa shape index (κ1) is 12.8. The number of fused-ring (bicyclic) bond motifs is 1. The highest BCUT2D eigenvalue weighted by Crippen LogP contribution is 2.34. The average molecular weight is 280 g/mol. The second-order valence-electron chi connectivity index (χ2n) is 5.58. The summed E-state index contributed by atoms with van der Waals surface area (Å²) in [6.45, 7) is 3.25. The SMILES string of the molecule is CC1CC(Nc2cc3c(cc2Cl)NC(=O)C3)CN1C. The third-order valence-electron chi connectivity index (χ3n) is 4.06. The fourth-order valence-corrected chi connectivity index (χ4v) is 3.10. The van der Waals surface area contributed by atoms with Crippen molar-refractivity contribution in [1.82, 2.24) is 4.90 Å². The Morgan fingerprint density at radius 3 is 2.95 bits per heavy atom.